The molecule has 0 fully saturated rings. The van der Waals surface area contributed by atoms with Crippen molar-refractivity contribution >= 4 is 43.7 Å². The first-order valence-corrected chi connectivity index (χ1v) is 6.57. The summed E-state index contributed by atoms with van der Waals surface area (Å²) >= 11 is 6.61. The molecule has 6 heteroatoms. The van der Waals surface area contributed by atoms with Gasteiger partial charge in [0.15, 0.2) is 0 Å². The number of hydrogen-bond donors (Lipinski definition) is 2. The number of hydrogen-bond acceptors (Lipinski definition) is 2. The van der Waals surface area contributed by atoms with Crippen LogP contribution in [0.5, 0.6) is 0 Å². The molecule has 17 heavy (non-hydrogen) atoms. The average molecular weight is 364 g/mol. The molecule has 1 aromatic rings. The molecule has 0 atom stereocenters. The van der Waals surface area contributed by atoms with E-state index in [1.54, 1.807) is 19.2 Å². The summed E-state index contributed by atoms with van der Waals surface area (Å²) in [5.41, 5.74) is 0.538. The molecular formula is C11H12Br2N2O2. The molecule has 0 heterocycles. The molecule has 2 N–H and O–H groups in total. The quantitative estimate of drug-likeness (QED) is 0.860. The van der Waals surface area contributed by atoms with E-state index in [4.69, 9.17) is 0 Å². The maximum atomic E-state index is 11.8. The lowest BCUT2D eigenvalue weighted by molar-refractivity contribution is -0.120. The van der Waals surface area contributed by atoms with Crippen LogP contribution < -0.4 is 10.6 Å². The fourth-order valence-corrected chi connectivity index (χ4v) is 1.97. The second kappa shape index (κ2) is 6.76. The van der Waals surface area contributed by atoms with E-state index in [0.717, 1.165) is 8.95 Å². The summed E-state index contributed by atoms with van der Waals surface area (Å²) < 4.78 is 1.55. The van der Waals surface area contributed by atoms with E-state index < -0.39 is 0 Å². The second-order valence-electron chi connectivity index (χ2n) is 3.30. The lowest BCUT2D eigenvalue weighted by Crippen LogP contribution is -2.29. The van der Waals surface area contributed by atoms with Gasteiger partial charge in [0.1, 0.15) is 0 Å². The summed E-state index contributed by atoms with van der Waals surface area (Å²) in [5, 5.41) is 5.17. The van der Waals surface area contributed by atoms with E-state index in [0.29, 0.717) is 12.1 Å². The minimum atomic E-state index is -0.206. The van der Waals surface area contributed by atoms with E-state index in [1.165, 1.54) is 0 Å². The topological polar surface area (TPSA) is 58.2 Å². The molecule has 0 aliphatic carbocycles. The van der Waals surface area contributed by atoms with Crippen LogP contribution in [0.3, 0.4) is 0 Å². The van der Waals surface area contributed by atoms with Crippen LogP contribution in [-0.2, 0) is 4.79 Å². The van der Waals surface area contributed by atoms with Crippen LogP contribution >= 0.6 is 31.9 Å². The normalized spacial score (nSPS) is 9.82. The largest absolute Gasteiger partial charge is 0.359 e. The molecule has 0 saturated carbocycles. The van der Waals surface area contributed by atoms with Gasteiger partial charge in [-0.25, -0.2) is 0 Å². The smallest absolute Gasteiger partial charge is 0.252 e. The summed E-state index contributed by atoms with van der Waals surface area (Å²) in [6, 6.07) is 5.35. The monoisotopic (exact) mass is 362 g/mol. The van der Waals surface area contributed by atoms with Crippen molar-refractivity contribution in [3.8, 4) is 0 Å². The van der Waals surface area contributed by atoms with Crippen LogP contribution in [-0.4, -0.2) is 25.4 Å². The number of carbonyl (C=O) groups excluding carboxylic acids is 2. The lowest BCUT2D eigenvalue weighted by atomic mass is 10.2. The van der Waals surface area contributed by atoms with Gasteiger partial charge in [-0.2, -0.15) is 0 Å². The molecule has 1 rings (SSSR count). The molecule has 2 amide bonds. The summed E-state index contributed by atoms with van der Waals surface area (Å²) in [6.07, 6.45) is 0.272. The Balaban J connectivity index is 2.58. The first-order chi connectivity index (χ1) is 8.04. The number of rotatable bonds is 4. The van der Waals surface area contributed by atoms with Crippen molar-refractivity contribution < 1.29 is 9.59 Å². The van der Waals surface area contributed by atoms with E-state index in [-0.39, 0.29) is 18.2 Å². The molecule has 0 saturated heterocycles. The molecule has 0 spiro atoms. The summed E-state index contributed by atoms with van der Waals surface area (Å²) in [4.78, 5) is 22.8. The number of benzene rings is 1. The highest BCUT2D eigenvalue weighted by Gasteiger charge is 2.10. The Hall–Kier alpha value is -0.880. The van der Waals surface area contributed by atoms with Crippen molar-refractivity contribution in [2.45, 2.75) is 6.42 Å². The molecule has 0 aromatic heterocycles. The maximum Gasteiger partial charge on any atom is 0.252 e. The van der Waals surface area contributed by atoms with Crippen molar-refractivity contribution in [1.29, 1.82) is 0 Å². The molecule has 0 unspecified atom stereocenters. The molecule has 0 aliphatic heterocycles. The third-order valence-electron chi connectivity index (χ3n) is 2.09. The highest BCUT2D eigenvalue weighted by molar-refractivity contribution is 9.11. The van der Waals surface area contributed by atoms with Gasteiger partial charge in [0.2, 0.25) is 5.91 Å². The van der Waals surface area contributed by atoms with E-state index in [1.807, 2.05) is 6.07 Å². The predicted molar refractivity (Wildman–Crippen MR) is 72.9 cm³/mol. The number of carbonyl (C=O) groups is 2. The van der Waals surface area contributed by atoms with Crippen molar-refractivity contribution in [1.82, 2.24) is 10.6 Å². The summed E-state index contributed by atoms with van der Waals surface area (Å²) in [7, 11) is 1.56. The first kappa shape index (κ1) is 14.2. The van der Waals surface area contributed by atoms with Crippen LogP contribution in [0.25, 0.3) is 0 Å². The molecule has 4 nitrogen and oxygen atoms in total. The Morgan fingerprint density at radius 1 is 1.29 bits per heavy atom. The fraction of sp³-hybridized carbons (Fsp3) is 0.273. The Bertz CT molecular complexity index is 435. The fourth-order valence-electron chi connectivity index (χ4n) is 1.18. The maximum absolute atomic E-state index is 11.8. The number of halogens is 2. The Labute approximate surface area is 116 Å². The lowest BCUT2D eigenvalue weighted by Gasteiger charge is -2.06. The van der Waals surface area contributed by atoms with Gasteiger partial charge < -0.3 is 10.6 Å². The van der Waals surface area contributed by atoms with E-state index >= 15 is 0 Å². The Morgan fingerprint density at radius 2 is 2.00 bits per heavy atom. The van der Waals surface area contributed by atoms with Gasteiger partial charge >= 0.3 is 0 Å². The molecule has 1 aromatic carbocycles. The van der Waals surface area contributed by atoms with Gasteiger partial charge in [0, 0.05) is 29.0 Å². The SMILES string of the molecule is CNC(=O)CCNC(=O)c1cc(Br)ccc1Br. The third kappa shape index (κ3) is 4.47. The summed E-state index contributed by atoms with van der Waals surface area (Å²) in [6.45, 7) is 0.317. The number of nitrogens with one attached hydrogen (secondary N) is 2. The van der Waals surface area contributed by atoms with Crippen LogP contribution in [0.4, 0.5) is 0 Å². The van der Waals surface area contributed by atoms with Gasteiger partial charge in [-0.05, 0) is 34.1 Å². The van der Waals surface area contributed by atoms with Crippen LogP contribution in [0.1, 0.15) is 16.8 Å². The Kier molecular flexibility index (Phi) is 5.64. The zero-order valence-corrected chi connectivity index (χ0v) is 12.4. The molecule has 0 bridgehead atoms. The minimum absolute atomic E-state index is 0.0985. The standard InChI is InChI=1S/C11H12Br2N2O2/c1-14-10(16)4-5-15-11(17)8-6-7(12)2-3-9(8)13/h2-3,6H,4-5H2,1H3,(H,14,16)(H,15,17). The number of amides is 2. The zero-order chi connectivity index (χ0) is 12.8. The highest BCUT2D eigenvalue weighted by atomic mass is 79.9. The van der Waals surface area contributed by atoms with Crippen molar-refractivity contribution in [2.24, 2.45) is 0 Å². The van der Waals surface area contributed by atoms with Gasteiger partial charge in [-0.15, -0.1) is 0 Å². The average Bonchev–Trinajstić information content (AvgIpc) is 2.31. The van der Waals surface area contributed by atoms with Crippen molar-refractivity contribution in [3.05, 3.63) is 32.7 Å². The van der Waals surface area contributed by atoms with Crippen LogP contribution in [0.2, 0.25) is 0 Å². The highest BCUT2D eigenvalue weighted by Crippen LogP contribution is 2.21. The second-order valence-corrected chi connectivity index (χ2v) is 5.07. The van der Waals surface area contributed by atoms with Gasteiger partial charge in [0.25, 0.3) is 5.91 Å². The van der Waals surface area contributed by atoms with Crippen molar-refractivity contribution in [2.75, 3.05) is 13.6 Å². The molecule has 0 radical (unpaired) electrons. The zero-order valence-electron chi connectivity index (χ0n) is 9.22. The summed E-state index contributed by atoms with van der Waals surface area (Å²) in [5.74, 6) is -0.305. The third-order valence-corrected chi connectivity index (χ3v) is 3.27. The van der Waals surface area contributed by atoms with Crippen molar-refractivity contribution in [3.63, 3.8) is 0 Å². The first-order valence-electron chi connectivity index (χ1n) is 4.98. The van der Waals surface area contributed by atoms with Crippen LogP contribution in [0, 0.1) is 0 Å². The molecule has 0 aliphatic rings. The molecule has 92 valence electrons. The van der Waals surface area contributed by atoms with Gasteiger partial charge in [0.05, 0.1) is 5.56 Å². The minimum Gasteiger partial charge on any atom is -0.359 e. The van der Waals surface area contributed by atoms with E-state index in [2.05, 4.69) is 42.5 Å². The van der Waals surface area contributed by atoms with Gasteiger partial charge in [-0.1, -0.05) is 15.9 Å². The van der Waals surface area contributed by atoms with E-state index in [9.17, 15) is 9.59 Å². The van der Waals surface area contributed by atoms with Gasteiger partial charge in [-0.3, -0.25) is 9.59 Å². The predicted octanol–water partition coefficient (Wildman–Crippen LogP) is 2.08. The van der Waals surface area contributed by atoms with Crippen LogP contribution in [0.15, 0.2) is 27.1 Å². The molecular weight excluding hydrogens is 352 g/mol. The Morgan fingerprint density at radius 3 is 2.65 bits per heavy atom.